The first-order chi connectivity index (χ1) is 9.97. The van der Waals surface area contributed by atoms with Gasteiger partial charge in [0.25, 0.3) is 0 Å². The van der Waals surface area contributed by atoms with Gasteiger partial charge in [-0.05, 0) is 32.0 Å². The second-order valence-corrected chi connectivity index (χ2v) is 4.96. The molecule has 2 N–H and O–H groups in total. The van der Waals surface area contributed by atoms with Crippen molar-refractivity contribution in [1.29, 1.82) is 0 Å². The maximum Gasteiger partial charge on any atom is 0.338 e. The Labute approximate surface area is 120 Å². The third-order valence-corrected chi connectivity index (χ3v) is 3.41. The van der Waals surface area contributed by atoms with Gasteiger partial charge >= 0.3 is 5.97 Å². The topological polar surface area (TPSA) is 69.6 Å². The van der Waals surface area contributed by atoms with Crippen LogP contribution in [0.3, 0.4) is 0 Å². The highest BCUT2D eigenvalue weighted by atomic mass is 19.1. The molecule has 0 atom stereocenters. The number of rotatable bonds is 5. The Hall–Kier alpha value is -2.02. The Morgan fingerprint density at radius 2 is 1.86 bits per heavy atom. The number of likely N-dealkylation sites (tertiary alicyclic amines) is 1. The third kappa shape index (κ3) is 3.98. The molecule has 1 heterocycles. The monoisotopic (exact) mass is 298 g/mol. The second-order valence-electron chi connectivity index (χ2n) is 4.96. The van der Waals surface area contributed by atoms with Crippen LogP contribution in [0.25, 0.3) is 0 Å². The van der Waals surface area contributed by atoms with E-state index in [1.54, 1.807) is 0 Å². The number of benzene rings is 1. The minimum atomic E-state index is -1.51. The molecule has 2 rings (SSSR count). The summed E-state index contributed by atoms with van der Waals surface area (Å²) in [6, 6.07) is 1.25. The number of hydrogen-bond donors (Lipinski definition) is 2. The number of hydrogen-bond acceptors (Lipinski definition) is 3. The van der Waals surface area contributed by atoms with Gasteiger partial charge in [-0.2, -0.15) is 0 Å². The Morgan fingerprint density at radius 3 is 2.48 bits per heavy atom. The van der Waals surface area contributed by atoms with Gasteiger partial charge in [-0.15, -0.1) is 0 Å². The molecular weight excluding hydrogens is 282 g/mol. The number of carboxylic acid groups (broad SMARTS) is 1. The van der Waals surface area contributed by atoms with Gasteiger partial charge < -0.3 is 15.3 Å². The lowest BCUT2D eigenvalue weighted by molar-refractivity contribution is -0.116. The fourth-order valence-corrected chi connectivity index (χ4v) is 2.29. The van der Waals surface area contributed by atoms with Crippen molar-refractivity contribution >= 4 is 17.6 Å². The SMILES string of the molecule is O=C(CCN1CCCC1)Nc1cc(C(=O)O)c(F)cc1F. The highest BCUT2D eigenvalue weighted by molar-refractivity contribution is 5.94. The summed E-state index contributed by atoms with van der Waals surface area (Å²) in [4.78, 5) is 24.7. The number of carbonyl (C=O) groups is 2. The van der Waals surface area contributed by atoms with Crippen LogP contribution >= 0.6 is 0 Å². The smallest absolute Gasteiger partial charge is 0.338 e. The maximum absolute atomic E-state index is 13.5. The van der Waals surface area contributed by atoms with Gasteiger partial charge in [0.2, 0.25) is 5.91 Å². The fraction of sp³-hybridized carbons (Fsp3) is 0.429. The molecule has 0 aliphatic carbocycles. The van der Waals surface area contributed by atoms with Gasteiger partial charge in [-0.3, -0.25) is 4.79 Å². The lowest BCUT2D eigenvalue weighted by Crippen LogP contribution is -2.25. The van der Waals surface area contributed by atoms with Crippen molar-refractivity contribution in [3.05, 3.63) is 29.3 Å². The van der Waals surface area contributed by atoms with Gasteiger partial charge in [-0.1, -0.05) is 0 Å². The Morgan fingerprint density at radius 1 is 1.19 bits per heavy atom. The molecule has 7 heteroatoms. The summed E-state index contributed by atoms with van der Waals surface area (Å²) in [7, 11) is 0. The normalized spacial score (nSPS) is 15.1. The van der Waals surface area contributed by atoms with E-state index in [1.165, 1.54) is 0 Å². The van der Waals surface area contributed by atoms with E-state index in [0.29, 0.717) is 12.6 Å². The standard InChI is InChI=1S/C14H16F2N2O3/c15-10-8-11(16)12(7-9(10)14(20)21)17-13(19)3-6-18-4-1-2-5-18/h7-8H,1-6H2,(H,17,19)(H,20,21). The molecule has 0 unspecified atom stereocenters. The zero-order valence-corrected chi connectivity index (χ0v) is 11.4. The number of carboxylic acids is 1. The zero-order chi connectivity index (χ0) is 15.4. The second kappa shape index (κ2) is 6.62. The lowest BCUT2D eigenvalue weighted by atomic mass is 10.1. The molecule has 1 aromatic carbocycles. The van der Waals surface area contributed by atoms with Crippen LogP contribution in [-0.2, 0) is 4.79 Å². The number of nitrogens with one attached hydrogen (secondary N) is 1. The molecule has 0 saturated carbocycles. The molecule has 1 amide bonds. The molecule has 1 aliphatic rings. The summed E-state index contributed by atoms with van der Waals surface area (Å²) in [5.41, 5.74) is -0.994. The molecule has 0 spiro atoms. The van der Waals surface area contributed by atoms with Crippen molar-refractivity contribution < 1.29 is 23.5 Å². The molecule has 114 valence electrons. The minimum Gasteiger partial charge on any atom is -0.478 e. The van der Waals surface area contributed by atoms with E-state index in [9.17, 15) is 18.4 Å². The highest BCUT2D eigenvalue weighted by Gasteiger charge is 2.17. The van der Waals surface area contributed by atoms with Crippen molar-refractivity contribution in [3.8, 4) is 0 Å². The Kier molecular flexibility index (Phi) is 4.85. The first kappa shape index (κ1) is 15.4. The van der Waals surface area contributed by atoms with E-state index in [-0.39, 0.29) is 12.1 Å². The van der Waals surface area contributed by atoms with Crippen LogP contribution in [0, 0.1) is 11.6 Å². The quantitative estimate of drug-likeness (QED) is 0.873. The van der Waals surface area contributed by atoms with E-state index in [1.807, 2.05) is 0 Å². The van der Waals surface area contributed by atoms with Gasteiger partial charge in [0.1, 0.15) is 11.6 Å². The molecular formula is C14H16F2N2O3. The fourth-order valence-electron chi connectivity index (χ4n) is 2.29. The average Bonchev–Trinajstić information content (AvgIpc) is 2.92. The third-order valence-electron chi connectivity index (χ3n) is 3.41. The molecule has 5 nitrogen and oxygen atoms in total. The predicted molar refractivity (Wildman–Crippen MR) is 72.2 cm³/mol. The Balaban J connectivity index is 1.99. The number of amides is 1. The van der Waals surface area contributed by atoms with Crippen LogP contribution < -0.4 is 5.32 Å². The van der Waals surface area contributed by atoms with Crippen molar-refractivity contribution in [2.24, 2.45) is 0 Å². The molecule has 0 radical (unpaired) electrons. The molecule has 21 heavy (non-hydrogen) atoms. The average molecular weight is 298 g/mol. The maximum atomic E-state index is 13.5. The molecule has 0 aromatic heterocycles. The lowest BCUT2D eigenvalue weighted by Gasteiger charge is -2.14. The first-order valence-electron chi connectivity index (χ1n) is 6.72. The van der Waals surface area contributed by atoms with Crippen LogP contribution in [-0.4, -0.2) is 41.5 Å². The van der Waals surface area contributed by atoms with E-state index in [2.05, 4.69) is 10.2 Å². The number of halogens is 2. The summed E-state index contributed by atoms with van der Waals surface area (Å²) < 4.78 is 26.8. The highest BCUT2D eigenvalue weighted by Crippen LogP contribution is 2.20. The Bertz CT molecular complexity index is 557. The number of anilines is 1. The largest absolute Gasteiger partial charge is 0.478 e. The molecule has 1 aromatic rings. The van der Waals surface area contributed by atoms with Crippen LogP contribution in [0.15, 0.2) is 12.1 Å². The summed E-state index contributed by atoms with van der Waals surface area (Å²) >= 11 is 0. The first-order valence-corrected chi connectivity index (χ1v) is 6.72. The molecule has 0 bridgehead atoms. The van der Waals surface area contributed by atoms with E-state index in [4.69, 9.17) is 5.11 Å². The number of nitrogens with zero attached hydrogens (tertiary/aromatic N) is 1. The van der Waals surface area contributed by atoms with Crippen molar-refractivity contribution in [2.75, 3.05) is 25.0 Å². The van der Waals surface area contributed by atoms with Gasteiger partial charge in [-0.25, -0.2) is 13.6 Å². The molecule has 1 fully saturated rings. The predicted octanol–water partition coefficient (Wildman–Crippen LogP) is 2.09. The molecule has 1 aliphatic heterocycles. The van der Waals surface area contributed by atoms with Crippen LogP contribution in [0.1, 0.15) is 29.6 Å². The van der Waals surface area contributed by atoms with E-state index >= 15 is 0 Å². The van der Waals surface area contributed by atoms with Gasteiger partial charge in [0, 0.05) is 19.0 Å². The number of aromatic carboxylic acids is 1. The minimum absolute atomic E-state index is 0.180. The molecule has 1 saturated heterocycles. The van der Waals surface area contributed by atoms with Crippen molar-refractivity contribution in [2.45, 2.75) is 19.3 Å². The van der Waals surface area contributed by atoms with Crippen molar-refractivity contribution in [1.82, 2.24) is 4.90 Å². The summed E-state index contributed by atoms with van der Waals surface area (Å²) in [5, 5.41) is 11.1. The van der Waals surface area contributed by atoms with Crippen molar-refractivity contribution in [3.63, 3.8) is 0 Å². The summed E-state index contributed by atoms with van der Waals surface area (Å²) in [6.45, 7) is 2.46. The summed E-state index contributed by atoms with van der Waals surface area (Å²) in [5.74, 6) is -4.11. The van der Waals surface area contributed by atoms with E-state index < -0.39 is 29.1 Å². The van der Waals surface area contributed by atoms with Gasteiger partial charge in [0.05, 0.1) is 11.3 Å². The summed E-state index contributed by atoms with van der Waals surface area (Å²) in [6.07, 6.45) is 2.39. The van der Waals surface area contributed by atoms with Gasteiger partial charge in [0.15, 0.2) is 0 Å². The zero-order valence-electron chi connectivity index (χ0n) is 11.4. The van der Waals surface area contributed by atoms with Crippen LogP contribution in [0.4, 0.5) is 14.5 Å². The number of carbonyl (C=O) groups excluding carboxylic acids is 1. The van der Waals surface area contributed by atoms with Crippen LogP contribution in [0.2, 0.25) is 0 Å². The van der Waals surface area contributed by atoms with E-state index in [0.717, 1.165) is 32.0 Å². The van der Waals surface area contributed by atoms with Crippen LogP contribution in [0.5, 0.6) is 0 Å².